The molecule has 16 heavy (non-hydrogen) atoms. The van der Waals surface area contributed by atoms with Crippen LogP contribution in [0.25, 0.3) is 10.9 Å². The molecule has 1 aliphatic heterocycles. The van der Waals surface area contributed by atoms with Gasteiger partial charge in [-0.15, -0.1) is 0 Å². The van der Waals surface area contributed by atoms with Gasteiger partial charge in [0.05, 0.1) is 12.8 Å². The van der Waals surface area contributed by atoms with Crippen LogP contribution in [-0.4, -0.2) is 17.8 Å². The van der Waals surface area contributed by atoms with E-state index in [2.05, 4.69) is 48.1 Å². The molecular weight excluding hydrogens is 200 g/mol. The molecule has 1 atom stereocenters. The fourth-order valence-electron chi connectivity index (χ4n) is 2.55. The Morgan fingerprint density at radius 2 is 2.19 bits per heavy atom. The molecule has 3 rings (SSSR count). The normalized spacial score (nSPS) is 20.8. The van der Waals surface area contributed by atoms with Gasteiger partial charge in [0.15, 0.2) is 0 Å². The highest BCUT2D eigenvalue weighted by atomic mass is 16.5. The van der Waals surface area contributed by atoms with Crippen molar-refractivity contribution < 1.29 is 4.74 Å². The van der Waals surface area contributed by atoms with E-state index in [4.69, 9.17) is 4.74 Å². The van der Waals surface area contributed by atoms with Crippen LogP contribution in [0.5, 0.6) is 0 Å². The van der Waals surface area contributed by atoms with Crippen molar-refractivity contribution in [2.75, 3.05) is 13.3 Å². The van der Waals surface area contributed by atoms with Crippen molar-refractivity contribution in [2.45, 2.75) is 13.0 Å². The summed E-state index contributed by atoms with van der Waals surface area (Å²) >= 11 is 0. The van der Waals surface area contributed by atoms with Crippen LogP contribution < -0.4 is 5.32 Å². The summed E-state index contributed by atoms with van der Waals surface area (Å²) in [5, 5.41) is 4.56. The van der Waals surface area contributed by atoms with E-state index in [1.165, 1.54) is 22.2 Å². The first-order valence-electron chi connectivity index (χ1n) is 5.65. The zero-order valence-electron chi connectivity index (χ0n) is 9.66. The molecule has 1 aromatic heterocycles. The van der Waals surface area contributed by atoms with Crippen LogP contribution in [0, 0.1) is 6.92 Å². The van der Waals surface area contributed by atoms with E-state index in [0.29, 0.717) is 6.73 Å². The van der Waals surface area contributed by atoms with Gasteiger partial charge < -0.3 is 9.30 Å². The second-order valence-electron chi connectivity index (χ2n) is 4.33. The zero-order chi connectivity index (χ0) is 11.1. The number of ether oxygens (including phenoxy) is 1. The summed E-state index contributed by atoms with van der Waals surface area (Å²) in [6.07, 6.45) is 0.200. The molecule has 3 nitrogen and oxygen atoms in total. The number of hydrogen-bond acceptors (Lipinski definition) is 2. The van der Waals surface area contributed by atoms with E-state index >= 15 is 0 Å². The molecule has 3 heteroatoms. The van der Waals surface area contributed by atoms with Crippen molar-refractivity contribution in [3.63, 3.8) is 0 Å². The third kappa shape index (κ3) is 1.29. The molecule has 0 bridgehead atoms. The number of rotatable bonds is 1. The lowest BCUT2D eigenvalue weighted by Crippen LogP contribution is -2.08. The van der Waals surface area contributed by atoms with Gasteiger partial charge in [0, 0.05) is 35.8 Å². The van der Waals surface area contributed by atoms with E-state index in [9.17, 15) is 0 Å². The monoisotopic (exact) mass is 216 g/mol. The molecule has 0 radical (unpaired) electrons. The third-order valence-electron chi connectivity index (χ3n) is 3.49. The summed E-state index contributed by atoms with van der Waals surface area (Å²) < 4.78 is 7.96. The molecule has 1 N–H and O–H groups in total. The average molecular weight is 216 g/mol. The number of para-hydroxylation sites is 1. The third-order valence-corrected chi connectivity index (χ3v) is 3.49. The van der Waals surface area contributed by atoms with E-state index in [-0.39, 0.29) is 6.10 Å². The van der Waals surface area contributed by atoms with Gasteiger partial charge in [0.1, 0.15) is 0 Å². The topological polar surface area (TPSA) is 26.2 Å². The summed E-state index contributed by atoms with van der Waals surface area (Å²) in [6, 6.07) is 8.51. The number of nitrogens with zero attached hydrogens (tertiary/aromatic N) is 1. The maximum Gasteiger partial charge on any atom is 0.0991 e. The van der Waals surface area contributed by atoms with Crippen molar-refractivity contribution in [2.24, 2.45) is 7.05 Å². The molecule has 0 saturated carbocycles. The molecule has 2 heterocycles. The number of benzene rings is 1. The second-order valence-corrected chi connectivity index (χ2v) is 4.33. The number of aromatic nitrogens is 1. The van der Waals surface area contributed by atoms with Crippen molar-refractivity contribution in [3.05, 3.63) is 35.5 Å². The van der Waals surface area contributed by atoms with E-state index in [1.54, 1.807) is 0 Å². The molecule has 1 saturated heterocycles. The van der Waals surface area contributed by atoms with Crippen molar-refractivity contribution in [1.82, 2.24) is 9.88 Å². The first kappa shape index (κ1) is 9.87. The standard InChI is InChI=1S/C13H16N2O/c1-9-13(12-7-14-8-16-12)10-5-3-4-6-11(10)15(9)2/h3-6,12,14H,7-8H2,1-2H3. The Labute approximate surface area is 95.0 Å². The van der Waals surface area contributed by atoms with Gasteiger partial charge >= 0.3 is 0 Å². The minimum absolute atomic E-state index is 0.200. The SMILES string of the molecule is Cc1c(C2CNCO2)c2ccccc2n1C. The van der Waals surface area contributed by atoms with Gasteiger partial charge in [-0.2, -0.15) is 0 Å². The van der Waals surface area contributed by atoms with Crippen LogP contribution in [0.4, 0.5) is 0 Å². The van der Waals surface area contributed by atoms with Crippen LogP contribution in [0.2, 0.25) is 0 Å². The Hall–Kier alpha value is -1.32. The van der Waals surface area contributed by atoms with E-state index in [1.807, 2.05) is 0 Å². The van der Waals surface area contributed by atoms with Crippen LogP contribution >= 0.6 is 0 Å². The zero-order valence-corrected chi connectivity index (χ0v) is 9.66. The highest BCUT2D eigenvalue weighted by Crippen LogP contribution is 2.32. The molecule has 0 aliphatic carbocycles. The van der Waals surface area contributed by atoms with Crippen molar-refractivity contribution >= 4 is 10.9 Å². The van der Waals surface area contributed by atoms with Crippen molar-refractivity contribution in [3.8, 4) is 0 Å². The fraction of sp³-hybridized carbons (Fsp3) is 0.385. The first-order valence-corrected chi connectivity index (χ1v) is 5.65. The van der Waals surface area contributed by atoms with Crippen LogP contribution in [-0.2, 0) is 11.8 Å². The van der Waals surface area contributed by atoms with Crippen LogP contribution in [0.3, 0.4) is 0 Å². The summed E-state index contributed by atoms with van der Waals surface area (Å²) in [5.74, 6) is 0. The molecule has 0 spiro atoms. The molecule has 84 valence electrons. The first-order chi connectivity index (χ1) is 7.79. The Kier molecular flexibility index (Phi) is 2.23. The molecular formula is C13H16N2O. The second kappa shape index (κ2) is 3.61. The van der Waals surface area contributed by atoms with Gasteiger partial charge in [0.2, 0.25) is 0 Å². The number of aryl methyl sites for hydroxylation is 1. The lowest BCUT2D eigenvalue weighted by atomic mass is 10.1. The molecule has 2 aromatic rings. The summed E-state index contributed by atoms with van der Waals surface area (Å²) in [6.45, 7) is 3.74. The smallest absolute Gasteiger partial charge is 0.0991 e. The number of nitrogens with one attached hydrogen (secondary N) is 1. The average Bonchev–Trinajstić information content (AvgIpc) is 2.89. The van der Waals surface area contributed by atoms with Crippen LogP contribution in [0.15, 0.2) is 24.3 Å². The maximum absolute atomic E-state index is 5.72. The van der Waals surface area contributed by atoms with E-state index < -0.39 is 0 Å². The summed E-state index contributed by atoms with van der Waals surface area (Å²) in [5.41, 5.74) is 3.92. The Morgan fingerprint density at radius 1 is 1.38 bits per heavy atom. The van der Waals surface area contributed by atoms with Gasteiger partial charge in [-0.05, 0) is 13.0 Å². The highest BCUT2D eigenvalue weighted by Gasteiger charge is 2.23. The molecule has 1 aromatic carbocycles. The van der Waals surface area contributed by atoms with Crippen molar-refractivity contribution in [1.29, 1.82) is 0 Å². The molecule has 0 amide bonds. The Bertz CT molecular complexity index is 524. The van der Waals surface area contributed by atoms with E-state index in [0.717, 1.165) is 6.54 Å². The Morgan fingerprint density at radius 3 is 2.94 bits per heavy atom. The summed E-state index contributed by atoms with van der Waals surface area (Å²) in [7, 11) is 2.11. The van der Waals surface area contributed by atoms with Gasteiger partial charge in [-0.25, -0.2) is 0 Å². The fourth-order valence-corrected chi connectivity index (χ4v) is 2.55. The minimum Gasteiger partial charge on any atom is -0.357 e. The lowest BCUT2D eigenvalue weighted by molar-refractivity contribution is 0.114. The van der Waals surface area contributed by atoms with Crippen LogP contribution in [0.1, 0.15) is 17.4 Å². The van der Waals surface area contributed by atoms with Gasteiger partial charge in [0.25, 0.3) is 0 Å². The highest BCUT2D eigenvalue weighted by molar-refractivity contribution is 5.85. The summed E-state index contributed by atoms with van der Waals surface area (Å²) in [4.78, 5) is 0. The predicted molar refractivity (Wildman–Crippen MR) is 64.4 cm³/mol. The molecule has 1 unspecified atom stereocenters. The predicted octanol–water partition coefficient (Wildman–Crippen LogP) is 2.11. The maximum atomic E-state index is 5.72. The molecule has 1 fully saturated rings. The van der Waals surface area contributed by atoms with Gasteiger partial charge in [-0.3, -0.25) is 5.32 Å². The quantitative estimate of drug-likeness (QED) is 0.790. The number of hydrogen-bond donors (Lipinski definition) is 1. The Balaban J connectivity index is 2.26. The minimum atomic E-state index is 0.200. The largest absolute Gasteiger partial charge is 0.357 e. The van der Waals surface area contributed by atoms with Gasteiger partial charge in [-0.1, -0.05) is 18.2 Å². The number of fused-ring (bicyclic) bond motifs is 1. The lowest BCUT2D eigenvalue weighted by Gasteiger charge is -2.09. The molecule has 1 aliphatic rings.